The molecule has 17 heavy (non-hydrogen) atoms. The minimum Gasteiger partial charge on any atom is -0.409 e. The molecule has 2 unspecified atom stereocenters. The Labute approximate surface area is 110 Å². The van der Waals surface area contributed by atoms with Gasteiger partial charge in [0.05, 0.1) is 0 Å². The van der Waals surface area contributed by atoms with Crippen molar-refractivity contribution >= 4 is 21.8 Å². The minimum atomic E-state index is 0.153. The monoisotopic (exact) mass is 299 g/mol. The molecule has 0 aromatic heterocycles. The van der Waals surface area contributed by atoms with E-state index in [2.05, 4.69) is 45.5 Å². The molecule has 0 aliphatic rings. The normalized spacial score (nSPS) is 15.6. The van der Waals surface area contributed by atoms with Crippen LogP contribution < -0.4 is 11.1 Å². The second kappa shape index (κ2) is 6.61. The summed E-state index contributed by atoms with van der Waals surface area (Å²) < 4.78 is 1.06. The van der Waals surface area contributed by atoms with Crippen molar-refractivity contribution in [3.05, 3.63) is 34.3 Å². The molecule has 2 atom stereocenters. The van der Waals surface area contributed by atoms with Gasteiger partial charge in [0.15, 0.2) is 0 Å². The summed E-state index contributed by atoms with van der Waals surface area (Å²) >= 11 is 3.45. The SMILES string of the molecule is CC(CC(N)=NO)NC(C)c1cccc(Br)c1. The van der Waals surface area contributed by atoms with Gasteiger partial charge < -0.3 is 16.3 Å². The summed E-state index contributed by atoms with van der Waals surface area (Å²) in [5.41, 5.74) is 6.66. The van der Waals surface area contributed by atoms with Gasteiger partial charge >= 0.3 is 0 Å². The number of rotatable bonds is 5. The van der Waals surface area contributed by atoms with Crippen LogP contribution in [0.1, 0.15) is 31.9 Å². The third-order valence-electron chi connectivity index (χ3n) is 2.53. The molecule has 0 spiro atoms. The fourth-order valence-corrected chi connectivity index (χ4v) is 2.13. The van der Waals surface area contributed by atoms with Crippen molar-refractivity contribution in [2.75, 3.05) is 0 Å². The molecule has 0 radical (unpaired) electrons. The summed E-state index contributed by atoms with van der Waals surface area (Å²) in [5.74, 6) is 0.242. The first-order valence-electron chi connectivity index (χ1n) is 5.51. The summed E-state index contributed by atoms with van der Waals surface area (Å²) in [4.78, 5) is 0. The van der Waals surface area contributed by atoms with E-state index in [0.717, 1.165) is 4.47 Å². The number of benzene rings is 1. The molecule has 5 heteroatoms. The maximum Gasteiger partial charge on any atom is 0.140 e. The molecule has 1 aromatic rings. The van der Waals surface area contributed by atoms with Gasteiger partial charge in [-0.25, -0.2) is 0 Å². The van der Waals surface area contributed by atoms with Crippen molar-refractivity contribution in [3.8, 4) is 0 Å². The van der Waals surface area contributed by atoms with Crippen molar-refractivity contribution in [1.29, 1.82) is 0 Å². The van der Waals surface area contributed by atoms with Gasteiger partial charge in [-0.15, -0.1) is 0 Å². The molecule has 0 heterocycles. The van der Waals surface area contributed by atoms with Crippen LogP contribution in [0, 0.1) is 0 Å². The highest BCUT2D eigenvalue weighted by Crippen LogP contribution is 2.18. The van der Waals surface area contributed by atoms with Crippen molar-refractivity contribution < 1.29 is 5.21 Å². The van der Waals surface area contributed by atoms with Gasteiger partial charge in [-0.2, -0.15) is 0 Å². The van der Waals surface area contributed by atoms with Crippen molar-refractivity contribution in [3.63, 3.8) is 0 Å². The number of nitrogens with zero attached hydrogens (tertiary/aromatic N) is 1. The quantitative estimate of drug-likeness (QED) is 0.339. The number of hydrogen-bond donors (Lipinski definition) is 3. The average Bonchev–Trinajstić information content (AvgIpc) is 2.28. The standard InChI is InChI=1S/C12H18BrN3O/c1-8(6-12(14)16-17)15-9(2)10-4-3-5-11(13)7-10/h3-5,7-9,15,17H,6H2,1-2H3,(H2,14,16). The van der Waals surface area contributed by atoms with E-state index >= 15 is 0 Å². The Morgan fingerprint density at radius 1 is 1.53 bits per heavy atom. The zero-order valence-electron chi connectivity index (χ0n) is 10.0. The summed E-state index contributed by atoms with van der Waals surface area (Å²) in [7, 11) is 0. The Hall–Kier alpha value is -1.07. The number of nitrogens with two attached hydrogens (primary N) is 1. The molecule has 4 nitrogen and oxygen atoms in total. The van der Waals surface area contributed by atoms with Crippen LogP contribution in [0.15, 0.2) is 33.9 Å². The molecule has 0 saturated carbocycles. The first-order valence-corrected chi connectivity index (χ1v) is 6.30. The fraction of sp³-hybridized carbons (Fsp3) is 0.417. The largest absolute Gasteiger partial charge is 0.409 e. The molecule has 0 saturated heterocycles. The maximum atomic E-state index is 8.50. The lowest BCUT2D eigenvalue weighted by atomic mass is 10.1. The van der Waals surface area contributed by atoms with E-state index in [4.69, 9.17) is 10.9 Å². The van der Waals surface area contributed by atoms with E-state index < -0.39 is 0 Å². The molecule has 4 N–H and O–H groups in total. The van der Waals surface area contributed by atoms with Gasteiger partial charge in [-0.3, -0.25) is 0 Å². The first kappa shape index (κ1) is 14.0. The number of amidine groups is 1. The molecule has 0 aliphatic carbocycles. The topological polar surface area (TPSA) is 70.6 Å². The lowest BCUT2D eigenvalue weighted by Crippen LogP contribution is -2.33. The van der Waals surface area contributed by atoms with E-state index in [-0.39, 0.29) is 17.9 Å². The zero-order valence-corrected chi connectivity index (χ0v) is 11.6. The lowest BCUT2D eigenvalue weighted by Gasteiger charge is -2.20. The van der Waals surface area contributed by atoms with E-state index in [1.54, 1.807) is 0 Å². The predicted molar refractivity (Wildman–Crippen MR) is 73.2 cm³/mol. The van der Waals surface area contributed by atoms with E-state index in [9.17, 15) is 0 Å². The second-order valence-corrected chi connectivity index (χ2v) is 5.06. The van der Waals surface area contributed by atoms with Crippen LogP contribution in [0.5, 0.6) is 0 Å². The highest BCUT2D eigenvalue weighted by atomic mass is 79.9. The van der Waals surface area contributed by atoms with E-state index in [1.807, 2.05) is 19.1 Å². The predicted octanol–water partition coefficient (Wildman–Crippen LogP) is 2.62. The van der Waals surface area contributed by atoms with Gasteiger partial charge in [0.1, 0.15) is 5.84 Å². The molecular weight excluding hydrogens is 282 g/mol. The van der Waals surface area contributed by atoms with Crippen LogP contribution in [0.25, 0.3) is 0 Å². The second-order valence-electron chi connectivity index (χ2n) is 4.14. The summed E-state index contributed by atoms with van der Waals surface area (Å²) in [5, 5.41) is 14.9. The minimum absolute atomic E-state index is 0.153. The molecule has 0 bridgehead atoms. The average molecular weight is 300 g/mol. The zero-order chi connectivity index (χ0) is 12.8. The number of nitrogens with one attached hydrogen (secondary N) is 1. The van der Waals surface area contributed by atoms with Crippen LogP contribution in [0.3, 0.4) is 0 Å². The summed E-state index contributed by atoms with van der Waals surface area (Å²) in [6, 6.07) is 8.52. The third kappa shape index (κ3) is 4.75. The van der Waals surface area contributed by atoms with Crippen LogP contribution in [-0.2, 0) is 0 Å². The number of hydrogen-bond acceptors (Lipinski definition) is 3. The highest BCUT2D eigenvalue weighted by molar-refractivity contribution is 9.10. The van der Waals surface area contributed by atoms with Crippen LogP contribution in [0.4, 0.5) is 0 Å². The van der Waals surface area contributed by atoms with Gasteiger partial charge in [0.25, 0.3) is 0 Å². The fourth-order valence-electron chi connectivity index (χ4n) is 1.71. The molecule has 0 aliphatic heterocycles. The van der Waals surface area contributed by atoms with Crippen molar-refractivity contribution in [2.24, 2.45) is 10.9 Å². The van der Waals surface area contributed by atoms with E-state index in [0.29, 0.717) is 6.42 Å². The van der Waals surface area contributed by atoms with Crippen molar-refractivity contribution in [2.45, 2.75) is 32.4 Å². The van der Waals surface area contributed by atoms with Crippen molar-refractivity contribution in [1.82, 2.24) is 5.32 Å². The molecule has 0 fully saturated rings. The van der Waals surface area contributed by atoms with Crippen LogP contribution in [-0.4, -0.2) is 17.1 Å². The van der Waals surface area contributed by atoms with Crippen LogP contribution >= 0.6 is 15.9 Å². The Morgan fingerprint density at radius 3 is 2.82 bits per heavy atom. The Kier molecular flexibility index (Phi) is 5.44. The highest BCUT2D eigenvalue weighted by Gasteiger charge is 2.11. The summed E-state index contributed by atoms with van der Waals surface area (Å²) in [6.07, 6.45) is 0.523. The molecule has 94 valence electrons. The Bertz CT molecular complexity index is 395. The van der Waals surface area contributed by atoms with Gasteiger partial charge in [0, 0.05) is 23.0 Å². The molecule has 1 rings (SSSR count). The Morgan fingerprint density at radius 2 is 2.24 bits per heavy atom. The van der Waals surface area contributed by atoms with Gasteiger partial charge in [-0.1, -0.05) is 33.2 Å². The summed E-state index contributed by atoms with van der Waals surface area (Å²) in [6.45, 7) is 4.09. The maximum absolute atomic E-state index is 8.50. The van der Waals surface area contributed by atoms with E-state index in [1.165, 1.54) is 5.56 Å². The molecular formula is C12H18BrN3O. The number of oxime groups is 1. The van der Waals surface area contributed by atoms with Gasteiger partial charge in [-0.05, 0) is 31.5 Å². The molecule has 0 amide bonds. The van der Waals surface area contributed by atoms with Gasteiger partial charge in [0.2, 0.25) is 0 Å². The smallest absolute Gasteiger partial charge is 0.140 e. The lowest BCUT2D eigenvalue weighted by molar-refractivity contribution is 0.315. The van der Waals surface area contributed by atoms with Crippen LogP contribution in [0.2, 0.25) is 0 Å². The Balaban J connectivity index is 2.57. The third-order valence-corrected chi connectivity index (χ3v) is 3.02. The molecule has 1 aromatic carbocycles. The first-order chi connectivity index (χ1) is 8.02. The number of halogens is 1.